The summed E-state index contributed by atoms with van der Waals surface area (Å²) in [5, 5.41) is 0. The van der Waals surface area contributed by atoms with E-state index in [4.69, 9.17) is 0 Å². The average Bonchev–Trinajstić information content (AvgIpc) is 2.47. The van der Waals surface area contributed by atoms with Crippen LogP contribution in [0.3, 0.4) is 0 Å². The summed E-state index contributed by atoms with van der Waals surface area (Å²) in [5.41, 5.74) is 0. The van der Waals surface area contributed by atoms with E-state index in [0.717, 1.165) is 11.6 Å². The summed E-state index contributed by atoms with van der Waals surface area (Å²) < 4.78 is 26.9. The number of piperazine rings is 1. The fraction of sp³-hybridized carbons (Fsp3) is 0.714. The fourth-order valence-corrected chi connectivity index (χ4v) is 3.28. The molecule has 2 rings (SSSR count). The van der Waals surface area contributed by atoms with Gasteiger partial charge in [0.1, 0.15) is 11.6 Å². The molecule has 8 heteroatoms. The monoisotopic (exact) mass is 329 g/mol. The van der Waals surface area contributed by atoms with E-state index in [2.05, 4.69) is 28.7 Å². The van der Waals surface area contributed by atoms with Crippen LogP contribution in [0.1, 0.15) is 33.0 Å². The Balaban J connectivity index is 0.00000242. The van der Waals surface area contributed by atoms with E-state index < -0.39 is 10.2 Å². The maximum atomic E-state index is 12.1. The van der Waals surface area contributed by atoms with Gasteiger partial charge < -0.3 is 4.90 Å². The molecule has 0 aliphatic carbocycles. The van der Waals surface area contributed by atoms with Gasteiger partial charge in [-0.05, 0) is 6.07 Å². The molecule has 0 atom stereocenters. The molecule has 7 nitrogen and oxygen atoms in total. The summed E-state index contributed by atoms with van der Waals surface area (Å²) in [7, 11) is -0.207. The van der Waals surface area contributed by atoms with Crippen LogP contribution in [0.5, 0.6) is 0 Å². The van der Waals surface area contributed by atoms with Crippen LogP contribution in [0.15, 0.2) is 12.3 Å². The lowest BCUT2D eigenvalue weighted by Gasteiger charge is -2.35. The molecule has 1 aromatic rings. The number of anilines is 1. The van der Waals surface area contributed by atoms with Crippen molar-refractivity contribution in [2.45, 2.75) is 27.2 Å². The highest BCUT2D eigenvalue weighted by Gasteiger charge is 2.29. The molecule has 0 unspecified atom stereocenters. The van der Waals surface area contributed by atoms with Crippen LogP contribution in [-0.4, -0.2) is 67.3 Å². The first kappa shape index (κ1) is 18.8. The predicted octanol–water partition coefficient (Wildman–Crippen LogP) is 1.16. The van der Waals surface area contributed by atoms with Crippen LogP contribution in [0, 0.1) is 0 Å². The standard InChI is InChI=1S/C13H23N5O2S.CH4/c1-11(2)13-14-6-5-12(15-13)17-7-9-18(10-8-17)21(19,20)16(3)4;/h5-6,11H,7-10H2,1-4H3;1H4. The van der Waals surface area contributed by atoms with E-state index in [9.17, 15) is 8.42 Å². The number of rotatable bonds is 4. The molecule has 126 valence electrons. The Morgan fingerprint density at radius 2 is 1.77 bits per heavy atom. The molecule has 0 bridgehead atoms. The number of hydrogen-bond acceptors (Lipinski definition) is 5. The summed E-state index contributed by atoms with van der Waals surface area (Å²) in [6.45, 7) is 6.34. The molecule has 1 aliphatic rings. The normalized spacial score (nSPS) is 16.9. The molecule has 1 fully saturated rings. The maximum absolute atomic E-state index is 12.1. The second-order valence-electron chi connectivity index (χ2n) is 5.60. The van der Waals surface area contributed by atoms with Gasteiger partial charge in [0, 0.05) is 52.4 Å². The zero-order valence-corrected chi connectivity index (χ0v) is 13.8. The molecule has 0 amide bonds. The van der Waals surface area contributed by atoms with Gasteiger partial charge in [-0.2, -0.15) is 17.0 Å². The van der Waals surface area contributed by atoms with Crippen LogP contribution >= 0.6 is 0 Å². The quantitative estimate of drug-likeness (QED) is 0.829. The number of aromatic nitrogens is 2. The second kappa shape index (κ2) is 7.34. The minimum absolute atomic E-state index is 0. The van der Waals surface area contributed by atoms with E-state index >= 15 is 0 Å². The van der Waals surface area contributed by atoms with Crippen LogP contribution in [0.2, 0.25) is 0 Å². The number of nitrogens with zero attached hydrogens (tertiary/aromatic N) is 5. The topological polar surface area (TPSA) is 69.6 Å². The summed E-state index contributed by atoms with van der Waals surface area (Å²) in [4.78, 5) is 10.9. The van der Waals surface area contributed by atoms with Crippen molar-refractivity contribution in [2.75, 3.05) is 45.2 Å². The smallest absolute Gasteiger partial charge is 0.281 e. The lowest BCUT2D eigenvalue weighted by Crippen LogP contribution is -2.51. The minimum Gasteiger partial charge on any atom is -0.354 e. The molecule has 22 heavy (non-hydrogen) atoms. The van der Waals surface area contributed by atoms with Gasteiger partial charge in [0.05, 0.1) is 0 Å². The number of hydrogen-bond donors (Lipinski definition) is 0. The molecule has 1 aliphatic heterocycles. The van der Waals surface area contributed by atoms with E-state index in [-0.39, 0.29) is 13.3 Å². The molecule has 1 aromatic heterocycles. The molecule has 0 saturated carbocycles. The SMILES string of the molecule is C.CC(C)c1nccc(N2CCN(S(=O)(=O)N(C)C)CC2)n1. The van der Waals surface area contributed by atoms with Crippen molar-refractivity contribution in [3.8, 4) is 0 Å². The van der Waals surface area contributed by atoms with Crippen molar-refractivity contribution in [3.05, 3.63) is 18.1 Å². The van der Waals surface area contributed by atoms with E-state index in [1.165, 1.54) is 8.61 Å². The highest BCUT2D eigenvalue weighted by atomic mass is 32.2. The second-order valence-corrected chi connectivity index (χ2v) is 7.75. The molecular formula is C14H27N5O2S. The van der Waals surface area contributed by atoms with Gasteiger partial charge in [-0.3, -0.25) is 0 Å². The zero-order chi connectivity index (χ0) is 15.6. The Morgan fingerprint density at radius 1 is 1.18 bits per heavy atom. The third-order valence-electron chi connectivity index (χ3n) is 3.53. The molecule has 2 heterocycles. The van der Waals surface area contributed by atoms with Crippen molar-refractivity contribution >= 4 is 16.0 Å². The highest BCUT2D eigenvalue weighted by Crippen LogP contribution is 2.18. The van der Waals surface area contributed by atoms with Crippen LogP contribution < -0.4 is 4.90 Å². The lowest BCUT2D eigenvalue weighted by atomic mass is 10.2. The van der Waals surface area contributed by atoms with Crippen molar-refractivity contribution in [1.29, 1.82) is 0 Å². The van der Waals surface area contributed by atoms with Gasteiger partial charge in [0.25, 0.3) is 10.2 Å². The van der Waals surface area contributed by atoms with Gasteiger partial charge in [0.15, 0.2) is 0 Å². The largest absolute Gasteiger partial charge is 0.354 e. The predicted molar refractivity (Wildman–Crippen MR) is 89.2 cm³/mol. The fourth-order valence-electron chi connectivity index (χ4n) is 2.20. The van der Waals surface area contributed by atoms with Crippen molar-refractivity contribution < 1.29 is 8.42 Å². The molecule has 0 spiro atoms. The van der Waals surface area contributed by atoms with Crippen molar-refractivity contribution in [2.24, 2.45) is 0 Å². The Labute approximate surface area is 134 Å². The molecular weight excluding hydrogens is 302 g/mol. The summed E-state index contributed by atoms with van der Waals surface area (Å²) in [6.07, 6.45) is 1.76. The highest BCUT2D eigenvalue weighted by molar-refractivity contribution is 7.86. The van der Waals surface area contributed by atoms with Gasteiger partial charge in [0.2, 0.25) is 0 Å². The third kappa shape index (κ3) is 3.93. The Kier molecular flexibility index (Phi) is 6.27. The van der Waals surface area contributed by atoms with Crippen molar-refractivity contribution in [1.82, 2.24) is 18.6 Å². The molecule has 0 radical (unpaired) electrons. The Bertz CT molecular complexity index is 581. The Hall–Kier alpha value is -1.25. The van der Waals surface area contributed by atoms with Crippen LogP contribution in [-0.2, 0) is 10.2 Å². The van der Waals surface area contributed by atoms with E-state index in [0.29, 0.717) is 26.2 Å². The first-order valence-corrected chi connectivity index (χ1v) is 8.47. The van der Waals surface area contributed by atoms with Gasteiger partial charge >= 0.3 is 0 Å². The maximum Gasteiger partial charge on any atom is 0.281 e. The Morgan fingerprint density at radius 3 is 2.27 bits per heavy atom. The first-order chi connectivity index (χ1) is 9.82. The minimum atomic E-state index is -3.32. The third-order valence-corrected chi connectivity index (χ3v) is 5.47. The van der Waals surface area contributed by atoms with Crippen LogP contribution in [0.25, 0.3) is 0 Å². The zero-order valence-electron chi connectivity index (χ0n) is 13.0. The van der Waals surface area contributed by atoms with Crippen LogP contribution in [0.4, 0.5) is 5.82 Å². The first-order valence-electron chi connectivity index (χ1n) is 7.08. The molecule has 1 saturated heterocycles. The average molecular weight is 329 g/mol. The van der Waals surface area contributed by atoms with E-state index in [1.54, 1.807) is 20.3 Å². The molecule has 0 aromatic carbocycles. The summed E-state index contributed by atoms with van der Waals surface area (Å²) in [6, 6.07) is 1.88. The lowest BCUT2D eigenvalue weighted by molar-refractivity contribution is 0.355. The van der Waals surface area contributed by atoms with Gasteiger partial charge in [-0.1, -0.05) is 21.3 Å². The summed E-state index contributed by atoms with van der Waals surface area (Å²) in [5.74, 6) is 1.96. The van der Waals surface area contributed by atoms with E-state index in [1.807, 2.05) is 6.07 Å². The van der Waals surface area contributed by atoms with Gasteiger partial charge in [-0.25, -0.2) is 9.97 Å². The van der Waals surface area contributed by atoms with Crippen molar-refractivity contribution in [3.63, 3.8) is 0 Å². The summed E-state index contributed by atoms with van der Waals surface area (Å²) >= 11 is 0. The molecule has 0 N–H and O–H groups in total. The van der Waals surface area contributed by atoms with Gasteiger partial charge in [-0.15, -0.1) is 0 Å².